The molecule has 1 rings (SSSR count). The van der Waals surface area contributed by atoms with Crippen molar-refractivity contribution in [2.24, 2.45) is 11.8 Å². The normalized spacial score (nSPS) is 28.9. The van der Waals surface area contributed by atoms with Crippen molar-refractivity contribution in [1.82, 2.24) is 5.32 Å². The molecule has 2 atom stereocenters. The molecular formula is C10H19NO2. The first-order valence-electron chi connectivity index (χ1n) is 4.96. The Morgan fingerprint density at radius 1 is 1.46 bits per heavy atom. The average Bonchev–Trinajstić information content (AvgIpc) is 2.17. The van der Waals surface area contributed by atoms with E-state index in [0.29, 0.717) is 12.0 Å². The zero-order chi connectivity index (χ0) is 9.84. The third kappa shape index (κ3) is 2.69. The lowest BCUT2D eigenvalue weighted by Gasteiger charge is -2.30. The summed E-state index contributed by atoms with van der Waals surface area (Å²) in [5.41, 5.74) is 0. The van der Waals surface area contributed by atoms with E-state index in [9.17, 15) is 4.79 Å². The molecule has 0 spiro atoms. The van der Waals surface area contributed by atoms with Crippen LogP contribution < -0.4 is 5.32 Å². The van der Waals surface area contributed by atoms with E-state index in [2.05, 4.69) is 19.2 Å². The average molecular weight is 185 g/mol. The van der Waals surface area contributed by atoms with Crippen LogP contribution in [-0.2, 0) is 9.53 Å². The Hall–Kier alpha value is -0.570. The van der Waals surface area contributed by atoms with Gasteiger partial charge in [0.05, 0.1) is 13.0 Å². The van der Waals surface area contributed by atoms with E-state index in [-0.39, 0.29) is 11.9 Å². The molecule has 0 unspecified atom stereocenters. The summed E-state index contributed by atoms with van der Waals surface area (Å²) in [6.45, 7) is 5.18. The molecule has 1 N–H and O–H groups in total. The largest absolute Gasteiger partial charge is 0.469 e. The highest BCUT2D eigenvalue weighted by atomic mass is 16.5. The number of hydrogen-bond donors (Lipinski definition) is 1. The first-order chi connectivity index (χ1) is 6.15. The second-order valence-corrected chi connectivity index (χ2v) is 4.06. The molecule has 0 aromatic carbocycles. The second kappa shape index (κ2) is 4.61. The quantitative estimate of drug-likeness (QED) is 0.657. The summed E-state index contributed by atoms with van der Waals surface area (Å²) >= 11 is 0. The van der Waals surface area contributed by atoms with Crippen LogP contribution in [0.15, 0.2) is 0 Å². The minimum Gasteiger partial charge on any atom is -0.469 e. The zero-order valence-electron chi connectivity index (χ0n) is 8.67. The number of ether oxygens (including phenoxy) is 1. The lowest BCUT2D eigenvalue weighted by Crippen LogP contribution is -2.44. The van der Waals surface area contributed by atoms with Crippen molar-refractivity contribution >= 4 is 5.97 Å². The van der Waals surface area contributed by atoms with Crippen molar-refractivity contribution in [2.45, 2.75) is 32.7 Å². The van der Waals surface area contributed by atoms with E-state index >= 15 is 0 Å². The maximum Gasteiger partial charge on any atom is 0.309 e. The van der Waals surface area contributed by atoms with Gasteiger partial charge in [0.2, 0.25) is 0 Å². The van der Waals surface area contributed by atoms with Crippen LogP contribution >= 0.6 is 0 Å². The summed E-state index contributed by atoms with van der Waals surface area (Å²) in [6, 6.07) is 0.570. The molecule has 13 heavy (non-hydrogen) atoms. The first-order valence-corrected chi connectivity index (χ1v) is 4.96. The fourth-order valence-electron chi connectivity index (χ4n) is 1.82. The molecule has 0 radical (unpaired) electrons. The van der Waals surface area contributed by atoms with Gasteiger partial charge in [-0.05, 0) is 18.8 Å². The van der Waals surface area contributed by atoms with Crippen molar-refractivity contribution in [1.29, 1.82) is 0 Å². The van der Waals surface area contributed by atoms with Gasteiger partial charge >= 0.3 is 5.97 Å². The standard InChI is InChI=1S/C10H19NO2/c1-7(2)9-5-4-8(6-11-9)10(12)13-3/h7-9,11H,4-6H2,1-3H3/t8-,9-/m0/s1. The van der Waals surface area contributed by atoms with Crippen LogP contribution in [0.25, 0.3) is 0 Å². The predicted octanol–water partition coefficient (Wildman–Crippen LogP) is 1.18. The molecule has 0 aromatic heterocycles. The van der Waals surface area contributed by atoms with E-state index in [1.54, 1.807) is 0 Å². The number of piperidine rings is 1. The van der Waals surface area contributed by atoms with Gasteiger partial charge in [-0.25, -0.2) is 0 Å². The molecule has 76 valence electrons. The number of carbonyl (C=O) groups is 1. The lowest BCUT2D eigenvalue weighted by atomic mass is 9.89. The van der Waals surface area contributed by atoms with Crippen LogP contribution in [0.1, 0.15) is 26.7 Å². The minimum absolute atomic E-state index is 0.0694. The Balaban J connectivity index is 2.34. The molecule has 3 heteroatoms. The zero-order valence-corrected chi connectivity index (χ0v) is 8.67. The summed E-state index contributed by atoms with van der Waals surface area (Å²) in [4.78, 5) is 11.2. The van der Waals surface area contributed by atoms with E-state index in [0.717, 1.165) is 19.4 Å². The van der Waals surface area contributed by atoms with Gasteiger partial charge in [-0.3, -0.25) is 4.79 Å². The minimum atomic E-state index is -0.0743. The Morgan fingerprint density at radius 3 is 2.54 bits per heavy atom. The van der Waals surface area contributed by atoms with Crippen LogP contribution in [0.3, 0.4) is 0 Å². The number of hydrogen-bond acceptors (Lipinski definition) is 3. The van der Waals surface area contributed by atoms with Gasteiger partial charge in [-0.15, -0.1) is 0 Å². The molecule has 0 bridgehead atoms. The molecule has 0 saturated carbocycles. The van der Waals surface area contributed by atoms with Gasteiger partial charge < -0.3 is 10.1 Å². The SMILES string of the molecule is COC(=O)[C@H]1CC[C@@H](C(C)C)NC1. The first kappa shape index (κ1) is 10.5. The highest BCUT2D eigenvalue weighted by molar-refractivity contribution is 5.72. The van der Waals surface area contributed by atoms with E-state index < -0.39 is 0 Å². The van der Waals surface area contributed by atoms with Crippen LogP contribution in [-0.4, -0.2) is 25.7 Å². The monoisotopic (exact) mass is 185 g/mol. The van der Waals surface area contributed by atoms with E-state index in [4.69, 9.17) is 4.74 Å². The predicted molar refractivity (Wildman–Crippen MR) is 51.4 cm³/mol. The van der Waals surface area contributed by atoms with Crippen molar-refractivity contribution < 1.29 is 9.53 Å². The molecule has 0 aliphatic carbocycles. The Bertz CT molecular complexity index is 172. The van der Waals surface area contributed by atoms with Crippen LogP contribution in [0.2, 0.25) is 0 Å². The number of carbonyl (C=O) groups excluding carboxylic acids is 1. The molecule has 1 aliphatic heterocycles. The maximum absolute atomic E-state index is 11.2. The molecule has 1 aliphatic rings. The Morgan fingerprint density at radius 2 is 2.15 bits per heavy atom. The molecule has 1 fully saturated rings. The number of esters is 1. The van der Waals surface area contributed by atoms with E-state index in [1.807, 2.05) is 0 Å². The van der Waals surface area contributed by atoms with Gasteiger partial charge in [0.25, 0.3) is 0 Å². The number of rotatable bonds is 2. The summed E-state index contributed by atoms with van der Waals surface area (Å²) in [5, 5.41) is 3.38. The highest BCUT2D eigenvalue weighted by Gasteiger charge is 2.27. The van der Waals surface area contributed by atoms with Gasteiger partial charge in [0.1, 0.15) is 0 Å². The van der Waals surface area contributed by atoms with E-state index in [1.165, 1.54) is 7.11 Å². The van der Waals surface area contributed by atoms with Crippen molar-refractivity contribution in [3.8, 4) is 0 Å². The highest BCUT2D eigenvalue weighted by Crippen LogP contribution is 2.19. The lowest BCUT2D eigenvalue weighted by molar-refractivity contribution is -0.146. The summed E-state index contributed by atoms with van der Waals surface area (Å²) in [5.74, 6) is 0.647. The van der Waals surface area contributed by atoms with Gasteiger partial charge in [-0.1, -0.05) is 13.8 Å². The Labute approximate surface area is 79.8 Å². The summed E-state index contributed by atoms with van der Waals surface area (Å²) in [7, 11) is 1.46. The van der Waals surface area contributed by atoms with Crippen molar-refractivity contribution in [2.75, 3.05) is 13.7 Å². The van der Waals surface area contributed by atoms with Gasteiger partial charge in [0.15, 0.2) is 0 Å². The fraction of sp³-hybridized carbons (Fsp3) is 0.900. The molecule has 0 aromatic rings. The molecule has 0 amide bonds. The Kier molecular flexibility index (Phi) is 3.72. The second-order valence-electron chi connectivity index (χ2n) is 4.06. The van der Waals surface area contributed by atoms with Gasteiger partial charge in [0, 0.05) is 12.6 Å². The third-order valence-corrected chi connectivity index (χ3v) is 2.79. The molecule has 1 heterocycles. The maximum atomic E-state index is 11.2. The van der Waals surface area contributed by atoms with Crippen molar-refractivity contribution in [3.05, 3.63) is 0 Å². The molecule has 3 nitrogen and oxygen atoms in total. The number of nitrogens with one attached hydrogen (secondary N) is 1. The van der Waals surface area contributed by atoms with Gasteiger partial charge in [-0.2, -0.15) is 0 Å². The topological polar surface area (TPSA) is 38.3 Å². The third-order valence-electron chi connectivity index (χ3n) is 2.79. The van der Waals surface area contributed by atoms with Crippen LogP contribution in [0, 0.1) is 11.8 Å². The van der Waals surface area contributed by atoms with Crippen LogP contribution in [0.5, 0.6) is 0 Å². The van der Waals surface area contributed by atoms with Crippen molar-refractivity contribution in [3.63, 3.8) is 0 Å². The van der Waals surface area contributed by atoms with Crippen LogP contribution in [0.4, 0.5) is 0 Å². The molecular weight excluding hydrogens is 166 g/mol. The number of methoxy groups -OCH3 is 1. The molecule has 1 saturated heterocycles. The summed E-state index contributed by atoms with van der Waals surface area (Å²) in [6.07, 6.45) is 2.04. The fourth-order valence-corrected chi connectivity index (χ4v) is 1.82. The smallest absolute Gasteiger partial charge is 0.309 e. The summed E-state index contributed by atoms with van der Waals surface area (Å²) < 4.78 is 4.71.